The van der Waals surface area contributed by atoms with Crippen LogP contribution in [0.15, 0.2) is 54.6 Å². The fraction of sp³-hybridized carbons (Fsp3) is 0.300. The smallest absolute Gasteiger partial charge is 0.321 e. The van der Waals surface area contributed by atoms with Crippen LogP contribution in [-0.2, 0) is 11.3 Å². The first kappa shape index (κ1) is 17.9. The molecule has 1 unspecified atom stereocenters. The Labute approximate surface area is 152 Å². The molecule has 3 amide bonds. The van der Waals surface area contributed by atoms with Gasteiger partial charge in [0, 0.05) is 30.9 Å². The summed E-state index contributed by atoms with van der Waals surface area (Å²) in [5.41, 5.74) is 1.18. The molecule has 1 aliphatic rings. The summed E-state index contributed by atoms with van der Waals surface area (Å²) >= 11 is 0. The number of para-hydroxylation sites is 1. The average Bonchev–Trinajstić information content (AvgIpc) is 2.68. The second-order valence-corrected chi connectivity index (χ2v) is 6.39. The molecule has 0 aliphatic carbocycles. The normalized spacial score (nSPS) is 16.8. The maximum atomic E-state index is 13.6. The summed E-state index contributed by atoms with van der Waals surface area (Å²) in [6.07, 6.45) is 1.48. The number of benzene rings is 2. The van der Waals surface area contributed by atoms with Crippen molar-refractivity contribution >= 4 is 17.6 Å². The molecular weight excluding hydrogens is 333 g/mol. The van der Waals surface area contributed by atoms with E-state index in [1.165, 1.54) is 6.07 Å². The maximum absolute atomic E-state index is 13.6. The number of halogens is 1. The molecule has 2 aromatic carbocycles. The Hall–Kier alpha value is -2.89. The van der Waals surface area contributed by atoms with E-state index in [1.807, 2.05) is 30.3 Å². The van der Waals surface area contributed by atoms with Crippen LogP contribution in [0.2, 0.25) is 0 Å². The van der Waals surface area contributed by atoms with Crippen LogP contribution in [0.4, 0.5) is 14.9 Å². The topological polar surface area (TPSA) is 61.4 Å². The van der Waals surface area contributed by atoms with Crippen LogP contribution in [-0.4, -0.2) is 29.9 Å². The van der Waals surface area contributed by atoms with Crippen LogP contribution in [0.25, 0.3) is 0 Å². The van der Waals surface area contributed by atoms with E-state index in [0.717, 1.165) is 18.5 Å². The van der Waals surface area contributed by atoms with Crippen LogP contribution in [0, 0.1) is 11.7 Å². The van der Waals surface area contributed by atoms with Gasteiger partial charge in [-0.1, -0.05) is 36.4 Å². The second kappa shape index (κ2) is 8.47. The third kappa shape index (κ3) is 4.59. The summed E-state index contributed by atoms with van der Waals surface area (Å²) in [6, 6.07) is 15.4. The molecule has 0 aromatic heterocycles. The average molecular weight is 355 g/mol. The minimum atomic E-state index is -0.333. The van der Waals surface area contributed by atoms with Gasteiger partial charge >= 0.3 is 6.03 Å². The maximum Gasteiger partial charge on any atom is 0.321 e. The van der Waals surface area contributed by atoms with E-state index >= 15 is 0 Å². The predicted octanol–water partition coefficient (Wildman–Crippen LogP) is 3.39. The quantitative estimate of drug-likeness (QED) is 0.883. The molecule has 0 spiro atoms. The molecule has 2 aromatic rings. The third-order valence-corrected chi connectivity index (χ3v) is 4.52. The molecule has 3 rings (SSSR count). The second-order valence-electron chi connectivity index (χ2n) is 6.39. The summed E-state index contributed by atoms with van der Waals surface area (Å²) in [6.45, 7) is 1.13. The van der Waals surface area contributed by atoms with E-state index in [4.69, 9.17) is 0 Å². The number of anilines is 1. The van der Waals surface area contributed by atoms with Gasteiger partial charge in [-0.05, 0) is 31.0 Å². The third-order valence-electron chi connectivity index (χ3n) is 4.52. The largest absolute Gasteiger partial charge is 0.352 e. The van der Waals surface area contributed by atoms with E-state index in [-0.39, 0.29) is 30.2 Å². The number of urea groups is 1. The Bertz CT molecular complexity index is 767. The molecule has 0 bridgehead atoms. The highest BCUT2D eigenvalue weighted by atomic mass is 19.1. The van der Waals surface area contributed by atoms with Crippen molar-refractivity contribution in [2.24, 2.45) is 5.92 Å². The standard InChI is InChI=1S/C20H22FN3O2/c21-18-11-5-4-7-15(18)13-22-19(25)16-8-6-12-24(14-16)20(26)23-17-9-2-1-3-10-17/h1-5,7,9-11,16H,6,8,12-14H2,(H,22,25)(H,23,26). The summed E-state index contributed by atoms with van der Waals surface area (Å²) in [5, 5.41) is 5.62. The molecule has 1 atom stereocenters. The number of amides is 3. The Morgan fingerprint density at radius 2 is 1.81 bits per heavy atom. The van der Waals surface area contributed by atoms with Gasteiger partial charge < -0.3 is 15.5 Å². The van der Waals surface area contributed by atoms with Crippen molar-refractivity contribution < 1.29 is 14.0 Å². The van der Waals surface area contributed by atoms with Gasteiger partial charge in [0.1, 0.15) is 5.82 Å². The van der Waals surface area contributed by atoms with Gasteiger partial charge in [0.15, 0.2) is 0 Å². The lowest BCUT2D eigenvalue weighted by Gasteiger charge is -2.32. The number of piperidine rings is 1. The van der Waals surface area contributed by atoms with Gasteiger partial charge in [-0.25, -0.2) is 9.18 Å². The molecule has 6 heteroatoms. The van der Waals surface area contributed by atoms with Crippen LogP contribution >= 0.6 is 0 Å². The van der Waals surface area contributed by atoms with Crippen LogP contribution in [0.3, 0.4) is 0 Å². The first-order valence-electron chi connectivity index (χ1n) is 8.75. The highest BCUT2D eigenvalue weighted by Crippen LogP contribution is 2.18. The Kier molecular flexibility index (Phi) is 5.84. The van der Waals surface area contributed by atoms with Gasteiger partial charge in [0.2, 0.25) is 5.91 Å². The molecule has 0 radical (unpaired) electrons. The van der Waals surface area contributed by atoms with Gasteiger partial charge in [0.05, 0.1) is 5.92 Å². The number of nitrogens with zero attached hydrogens (tertiary/aromatic N) is 1. The fourth-order valence-corrected chi connectivity index (χ4v) is 3.07. The molecule has 1 aliphatic heterocycles. The van der Waals surface area contributed by atoms with Gasteiger partial charge in [-0.2, -0.15) is 0 Å². The van der Waals surface area contributed by atoms with E-state index < -0.39 is 0 Å². The van der Waals surface area contributed by atoms with Crippen molar-refractivity contribution in [3.63, 3.8) is 0 Å². The lowest BCUT2D eigenvalue weighted by molar-refractivity contribution is -0.126. The predicted molar refractivity (Wildman–Crippen MR) is 98.0 cm³/mol. The van der Waals surface area contributed by atoms with Crippen molar-refractivity contribution in [3.8, 4) is 0 Å². The minimum Gasteiger partial charge on any atom is -0.352 e. The zero-order valence-corrected chi connectivity index (χ0v) is 14.5. The molecule has 1 saturated heterocycles. The lowest BCUT2D eigenvalue weighted by Crippen LogP contribution is -2.46. The molecule has 5 nitrogen and oxygen atoms in total. The molecule has 2 N–H and O–H groups in total. The number of rotatable bonds is 4. The van der Waals surface area contributed by atoms with Crippen LogP contribution in [0.1, 0.15) is 18.4 Å². The van der Waals surface area contributed by atoms with E-state index in [9.17, 15) is 14.0 Å². The molecule has 0 saturated carbocycles. The van der Waals surface area contributed by atoms with Crippen LogP contribution < -0.4 is 10.6 Å². The van der Waals surface area contributed by atoms with Gasteiger partial charge in [-0.3, -0.25) is 4.79 Å². The highest BCUT2D eigenvalue weighted by Gasteiger charge is 2.28. The minimum absolute atomic E-state index is 0.148. The Morgan fingerprint density at radius 3 is 2.58 bits per heavy atom. The lowest BCUT2D eigenvalue weighted by atomic mass is 9.97. The Balaban J connectivity index is 1.53. The number of nitrogens with one attached hydrogen (secondary N) is 2. The number of hydrogen-bond acceptors (Lipinski definition) is 2. The molecule has 136 valence electrons. The van der Waals surface area contributed by atoms with E-state index in [2.05, 4.69) is 10.6 Å². The number of hydrogen-bond donors (Lipinski definition) is 2. The summed E-state index contributed by atoms with van der Waals surface area (Å²) < 4.78 is 13.6. The van der Waals surface area contributed by atoms with Crippen molar-refractivity contribution in [1.29, 1.82) is 0 Å². The fourth-order valence-electron chi connectivity index (χ4n) is 3.07. The SMILES string of the molecule is O=C(NCc1ccccc1F)C1CCCN(C(=O)Nc2ccccc2)C1. The summed E-state index contributed by atoms with van der Waals surface area (Å²) in [7, 11) is 0. The van der Waals surface area contributed by atoms with Gasteiger partial charge in [0.25, 0.3) is 0 Å². The summed E-state index contributed by atoms with van der Waals surface area (Å²) in [5.74, 6) is -0.761. The first-order valence-corrected chi connectivity index (χ1v) is 8.75. The van der Waals surface area contributed by atoms with Crippen molar-refractivity contribution in [2.75, 3.05) is 18.4 Å². The molecular formula is C20H22FN3O2. The zero-order valence-electron chi connectivity index (χ0n) is 14.5. The molecule has 1 heterocycles. The summed E-state index contributed by atoms with van der Waals surface area (Å²) in [4.78, 5) is 26.5. The van der Waals surface area contributed by atoms with Crippen molar-refractivity contribution in [3.05, 3.63) is 66.0 Å². The Morgan fingerprint density at radius 1 is 1.08 bits per heavy atom. The first-order chi connectivity index (χ1) is 12.6. The number of likely N-dealkylation sites (tertiary alicyclic amines) is 1. The number of carbonyl (C=O) groups is 2. The number of carbonyl (C=O) groups excluding carboxylic acids is 2. The van der Waals surface area contributed by atoms with E-state index in [1.54, 1.807) is 23.1 Å². The highest BCUT2D eigenvalue weighted by molar-refractivity contribution is 5.90. The van der Waals surface area contributed by atoms with Crippen molar-refractivity contribution in [2.45, 2.75) is 19.4 Å². The van der Waals surface area contributed by atoms with Crippen molar-refractivity contribution in [1.82, 2.24) is 10.2 Å². The van der Waals surface area contributed by atoms with E-state index in [0.29, 0.717) is 18.7 Å². The zero-order chi connectivity index (χ0) is 18.4. The monoisotopic (exact) mass is 355 g/mol. The van der Waals surface area contributed by atoms with Crippen LogP contribution in [0.5, 0.6) is 0 Å². The van der Waals surface area contributed by atoms with Gasteiger partial charge in [-0.15, -0.1) is 0 Å². The molecule has 1 fully saturated rings. The molecule has 26 heavy (non-hydrogen) atoms.